The van der Waals surface area contributed by atoms with E-state index in [1.54, 1.807) is 19.2 Å². The van der Waals surface area contributed by atoms with Gasteiger partial charge in [-0.1, -0.05) is 0 Å². The second-order valence-corrected chi connectivity index (χ2v) is 4.72. The van der Waals surface area contributed by atoms with E-state index in [1.807, 2.05) is 19.9 Å². The Morgan fingerprint density at radius 1 is 1.39 bits per heavy atom. The van der Waals surface area contributed by atoms with Gasteiger partial charge in [-0.2, -0.15) is 0 Å². The number of ether oxygens (including phenoxy) is 2. The first kappa shape index (κ1) is 12.7. The van der Waals surface area contributed by atoms with Crippen molar-refractivity contribution in [3.8, 4) is 11.5 Å². The van der Waals surface area contributed by atoms with Gasteiger partial charge in [-0.3, -0.25) is 4.79 Å². The van der Waals surface area contributed by atoms with Crippen LogP contribution in [0.3, 0.4) is 0 Å². The van der Waals surface area contributed by atoms with Crippen molar-refractivity contribution in [3.63, 3.8) is 0 Å². The van der Waals surface area contributed by atoms with E-state index in [0.717, 1.165) is 18.6 Å². The fourth-order valence-corrected chi connectivity index (χ4v) is 1.63. The molecule has 0 aliphatic heterocycles. The van der Waals surface area contributed by atoms with E-state index in [1.165, 1.54) is 0 Å². The Kier molecular flexibility index (Phi) is 3.75. The molecule has 1 N–H and O–H groups in total. The minimum absolute atomic E-state index is 0.0311. The molecule has 1 aliphatic rings. The normalized spacial score (nSPS) is 14.4. The summed E-state index contributed by atoms with van der Waals surface area (Å²) in [5.41, 5.74) is 0.518. The van der Waals surface area contributed by atoms with Gasteiger partial charge in [-0.15, -0.1) is 0 Å². The van der Waals surface area contributed by atoms with Crippen molar-refractivity contribution in [1.29, 1.82) is 0 Å². The molecule has 0 heterocycles. The number of benzene rings is 1. The van der Waals surface area contributed by atoms with Crippen molar-refractivity contribution in [2.45, 2.75) is 38.9 Å². The fraction of sp³-hybridized carbons (Fsp3) is 0.500. The smallest absolute Gasteiger partial charge is 0.254 e. The number of carbonyl (C=O) groups is 1. The van der Waals surface area contributed by atoms with E-state index in [0.29, 0.717) is 17.4 Å². The molecular formula is C14H19NO3. The van der Waals surface area contributed by atoms with Crippen LogP contribution in [0.1, 0.15) is 37.0 Å². The summed E-state index contributed by atoms with van der Waals surface area (Å²) in [6.07, 6.45) is 2.54. The summed E-state index contributed by atoms with van der Waals surface area (Å²) in [6, 6.07) is 5.39. The third kappa shape index (κ3) is 3.15. The molecule has 4 heteroatoms. The third-order valence-electron chi connectivity index (χ3n) is 2.61. The molecule has 1 fully saturated rings. The Hall–Kier alpha value is -1.71. The van der Waals surface area contributed by atoms with Crippen LogP contribution in [0, 0.1) is 0 Å². The van der Waals surface area contributed by atoms with Crippen LogP contribution in [0.4, 0.5) is 0 Å². The zero-order valence-electron chi connectivity index (χ0n) is 11.0. The average molecular weight is 249 g/mol. The minimum Gasteiger partial charge on any atom is -0.490 e. The molecule has 1 saturated carbocycles. The van der Waals surface area contributed by atoms with Crippen molar-refractivity contribution in [3.05, 3.63) is 23.8 Å². The number of hydrogen-bond donors (Lipinski definition) is 1. The number of nitrogens with one attached hydrogen (secondary N) is 1. The molecule has 0 bridgehead atoms. The molecule has 4 nitrogen and oxygen atoms in total. The lowest BCUT2D eigenvalue weighted by atomic mass is 10.1. The van der Waals surface area contributed by atoms with Gasteiger partial charge in [0, 0.05) is 7.05 Å². The summed E-state index contributed by atoms with van der Waals surface area (Å²) in [5.74, 6) is 1.16. The van der Waals surface area contributed by atoms with E-state index >= 15 is 0 Å². The molecule has 1 amide bonds. The van der Waals surface area contributed by atoms with Crippen molar-refractivity contribution >= 4 is 5.91 Å². The standard InChI is InChI=1S/C14H19NO3/c1-9(2)17-13-7-6-11(18-10-4-5-10)8-12(13)14(16)15-3/h6-10H,4-5H2,1-3H3,(H,15,16). The average Bonchev–Trinajstić information content (AvgIpc) is 3.13. The van der Waals surface area contributed by atoms with E-state index in [-0.39, 0.29) is 12.0 Å². The van der Waals surface area contributed by atoms with E-state index in [9.17, 15) is 4.79 Å². The summed E-state index contributed by atoms with van der Waals surface area (Å²) < 4.78 is 11.3. The third-order valence-corrected chi connectivity index (χ3v) is 2.61. The molecular weight excluding hydrogens is 230 g/mol. The lowest BCUT2D eigenvalue weighted by Crippen LogP contribution is -2.20. The van der Waals surface area contributed by atoms with Gasteiger partial charge in [0.15, 0.2) is 0 Å². The van der Waals surface area contributed by atoms with Crippen LogP contribution < -0.4 is 14.8 Å². The molecule has 18 heavy (non-hydrogen) atoms. The summed E-state index contributed by atoms with van der Waals surface area (Å²) in [7, 11) is 1.61. The highest BCUT2D eigenvalue weighted by atomic mass is 16.5. The maximum absolute atomic E-state index is 11.8. The van der Waals surface area contributed by atoms with Crippen molar-refractivity contribution in [2.24, 2.45) is 0 Å². The number of hydrogen-bond acceptors (Lipinski definition) is 3. The summed E-state index contributed by atoms with van der Waals surface area (Å²) >= 11 is 0. The first-order valence-electron chi connectivity index (χ1n) is 6.29. The van der Waals surface area contributed by atoms with Crippen LogP contribution in [-0.2, 0) is 0 Å². The van der Waals surface area contributed by atoms with Gasteiger partial charge in [-0.25, -0.2) is 0 Å². The topological polar surface area (TPSA) is 47.6 Å². The monoisotopic (exact) mass is 249 g/mol. The summed E-state index contributed by atoms with van der Waals surface area (Å²) in [4.78, 5) is 11.8. The lowest BCUT2D eigenvalue weighted by molar-refractivity contribution is 0.0956. The molecule has 0 unspecified atom stereocenters. The predicted octanol–water partition coefficient (Wildman–Crippen LogP) is 2.37. The number of rotatable bonds is 5. The summed E-state index contributed by atoms with van der Waals surface area (Å²) in [5, 5.41) is 2.62. The Morgan fingerprint density at radius 3 is 2.67 bits per heavy atom. The van der Waals surface area contributed by atoms with Gasteiger partial charge in [-0.05, 0) is 44.9 Å². The highest BCUT2D eigenvalue weighted by Gasteiger charge is 2.24. The highest BCUT2D eigenvalue weighted by Crippen LogP contribution is 2.30. The molecule has 2 rings (SSSR count). The minimum atomic E-state index is -0.160. The maximum atomic E-state index is 11.8. The molecule has 1 aromatic carbocycles. The molecule has 0 radical (unpaired) electrons. The molecule has 98 valence electrons. The molecule has 0 aromatic heterocycles. The Morgan fingerprint density at radius 2 is 2.11 bits per heavy atom. The molecule has 0 atom stereocenters. The van der Waals surface area contributed by atoms with Crippen LogP contribution in [0.5, 0.6) is 11.5 Å². The van der Waals surface area contributed by atoms with Crippen LogP contribution in [-0.4, -0.2) is 25.2 Å². The van der Waals surface area contributed by atoms with Gasteiger partial charge in [0.25, 0.3) is 5.91 Å². The Labute approximate surface area is 107 Å². The molecule has 0 spiro atoms. The van der Waals surface area contributed by atoms with Crippen LogP contribution in [0.25, 0.3) is 0 Å². The number of amides is 1. The Balaban J connectivity index is 2.24. The lowest BCUT2D eigenvalue weighted by Gasteiger charge is -2.15. The van der Waals surface area contributed by atoms with Gasteiger partial charge in [0.1, 0.15) is 11.5 Å². The first-order valence-corrected chi connectivity index (χ1v) is 6.29. The second kappa shape index (κ2) is 5.29. The van der Waals surface area contributed by atoms with Crippen LogP contribution >= 0.6 is 0 Å². The first-order chi connectivity index (χ1) is 8.60. The van der Waals surface area contributed by atoms with E-state index in [2.05, 4.69) is 5.32 Å². The van der Waals surface area contributed by atoms with Crippen LogP contribution in [0.15, 0.2) is 18.2 Å². The zero-order valence-corrected chi connectivity index (χ0v) is 11.0. The van der Waals surface area contributed by atoms with Gasteiger partial charge < -0.3 is 14.8 Å². The van der Waals surface area contributed by atoms with E-state index in [4.69, 9.17) is 9.47 Å². The SMILES string of the molecule is CNC(=O)c1cc(OC2CC2)ccc1OC(C)C. The number of carbonyl (C=O) groups excluding carboxylic acids is 1. The van der Waals surface area contributed by atoms with Crippen LogP contribution in [0.2, 0.25) is 0 Å². The predicted molar refractivity (Wildman–Crippen MR) is 69.2 cm³/mol. The van der Waals surface area contributed by atoms with Gasteiger partial charge in [0.2, 0.25) is 0 Å². The largest absolute Gasteiger partial charge is 0.490 e. The maximum Gasteiger partial charge on any atom is 0.254 e. The van der Waals surface area contributed by atoms with Crippen molar-refractivity contribution in [2.75, 3.05) is 7.05 Å². The quantitative estimate of drug-likeness (QED) is 0.871. The molecule has 0 saturated heterocycles. The van der Waals surface area contributed by atoms with Gasteiger partial charge in [0.05, 0.1) is 17.8 Å². The molecule has 1 aliphatic carbocycles. The zero-order chi connectivity index (χ0) is 13.1. The second-order valence-electron chi connectivity index (χ2n) is 4.72. The van der Waals surface area contributed by atoms with Crippen molar-refractivity contribution in [1.82, 2.24) is 5.32 Å². The summed E-state index contributed by atoms with van der Waals surface area (Å²) in [6.45, 7) is 3.87. The van der Waals surface area contributed by atoms with E-state index < -0.39 is 0 Å². The Bertz CT molecular complexity index is 439. The van der Waals surface area contributed by atoms with Gasteiger partial charge >= 0.3 is 0 Å². The van der Waals surface area contributed by atoms with Crippen molar-refractivity contribution < 1.29 is 14.3 Å². The molecule has 1 aromatic rings. The highest BCUT2D eigenvalue weighted by molar-refractivity contribution is 5.97. The fourth-order valence-electron chi connectivity index (χ4n) is 1.63.